The van der Waals surface area contributed by atoms with Gasteiger partial charge in [-0.1, -0.05) is 41.9 Å². The van der Waals surface area contributed by atoms with Crippen molar-refractivity contribution in [1.29, 1.82) is 0 Å². The summed E-state index contributed by atoms with van der Waals surface area (Å²) in [5.74, 6) is 0. The summed E-state index contributed by atoms with van der Waals surface area (Å²) in [7, 11) is -3.58. The monoisotopic (exact) mass is 369 g/mol. The second-order valence-corrected chi connectivity index (χ2v) is 8.47. The first-order valence-electron chi connectivity index (χ1n) is 8.14. The number of benzene rings is 2. The molecule has 0 N–H and O–H groups in total. The number of aryl methyl sites for hydroxylation is 1. The van der Waals surface area contributed by atoms with Crippen LogP contribution in [0.3, 0.4) is 0 Å². The Kier molecular flexibility index (Phi) is 4.10. The molecule has 1 aliphatic carbocycles. The fourth-order valence-corrected chi connectivity index (χ4v) is 5.04. The Morgan fingerprint density at radius 2 is 1.72 bits per heavy atom. The van der Waals surface area contributed by atoms with Gasteiger partial charge < -0.3 is 0 Å². The topological polar surface area (TPSA) is 47.0 Å². The molecule has 0 radical (unpaired) electrons. The van der Waals surface area contributed by atoms with Gasteiger partial charge in [0.2, 0.25) is 9.84 Å². The Balaban J connectivity index is 1.94. The van der Waals surface area contributed by atoms with E-state index >= 15 is 0 Å². The minimum absolute atomic E-state index is 0.312. The zero-order valence-electron chi connectivity index (χ0n) is 13.4. The third-order valence-electron chi connectivity index (χ3n) is 4.47. The second kappa shape index (κ2) is 6.28. The first-order chi connectivity index (χ1) is 12.1. The zero-order valence-corrected chi connectivity index (χ0v) is 15.0. The van der Waals surface area contributed by atoms with Gasteiger partial charge in [-0.25, -0.2) is 8.42 Å². The molecule has 1 aliphatic rings. The highest BCUT2D eigenvalue weighted by molar-refractivity contribution is 7.91. The Morgan fingerprint density at radius 3 is 2.48 bits per heavy atom. The van der Waals surface area contributed by atoms with Gasteiger partial charge in [-0.15, -0.1) is 0 Å². The van der Waals surface area contributed by atoms with Crippen molar-refractivity contribution in [3.05, 3.63) is 76.9 Å². The van der Waals surface area contributed by atoms with E-state index in [1.165, 1.54) is 0 Å². The number of hydrogen-bond donors (Lipinski definition) is 0. The van der Waals surface area contributed by atoms with Crippen LogP contribution in [-0.4, -0.2) is 13.4 Å². The average Bonchev–Trinajstić information content (AvgIpc) is 3.10. The average molecular weight is 370 g/mol. The minimum atomic E-state index is -3.58. The van der Waals surface area contributed by atoms with E-state index in [1.54, 1.807) is 36.4 Å². The van der Waals surface area contributed by atoms with Crippen molar-refractivity contribution in [2.45, 2.75) is 29.1 Å². The maximum atomic E-state index is 13.2. The molecule has 0 bridgehead atoms. The number of pyridine rings is 1. The first kappa shape index (κ1) is 16.3. The van der Waals surface area contributed by atoms with Crippen LogP contribution in [0.2, 0.25) is 5.02 Å². The molecule has 5 heteroatoms. The third kappa shape index (κ3) is 2.96. The molecular weight excluding hydrogens is 354 g/mol. The van der Waals surface area contributed by atoms with Crippen molar-refractivity contribution in [2.24, 2.45) is 0 Å². The van der Waals surface area contributed by atoms with Crippen molar-refractivity contribution in [2.75, 3.05) is 0 Å². The lowest BCUT2D eigenvalue weighted by molar-refractivity contribution is 0.595. The predicted octanol–water partition coefficient (Wildman–Crippen LogP) is 4.72. The molecule has 0 amide bonds. The summed E-state index contributed by atoms with van der Waals surface area (Å²) in [6.45, 7) is 0. The van der Waals surface area contributed by atoms with Crippen molar-refractivity contribution < 1.29 is 8.42 Å². The molecule has 4 rings (SSSR count). The smallest absolute Gasteiger partial charge is 0.207 e. The summed E-state index contributed by atoms with van der Waals surface area (Å²) < 4.78 is 26.4. The highest BCUT2D eigenvalue weighted by Crippen LogP contribution is 2.34. The normalized spacial score (nSPS) is 13.6. The van der Waals surface area contributed by atoms with Gasteiger partial charge in [0.25, 0.3) is 0 Å². The van der Waals surface area contributed by atoms with Gasteiger partial charge in [0.1, 0.15) is 0 Å². The maximum Gasteiger partial charge on any atom is 0.207 e. The molecule has 0 unspecified atom stereocenters. The predicted molar refractivity (Wildman–Crippen MR) is 98.6 cm³/mol. The molecule has 126 valence electrons. The van der Waals surface area contributed by atoms with Crippen LogP contribution in [0, 0.1) is 0 Å². The Bertz CT molecular complexity index is 1050. The molecule has 0 spiro atoms. The Hall–Kier alpha value is -2.17. The standard InChI is InChI=1S/C20H16ClNO2S/c21-15-7-4-6-14(12-15)19-13-20(17-10-5-11-18(17)22-19)25(23,24)16-8-2-1-3-9-16/h1-4,6-9,12-13H,5,10-11H2. The molecule has 0 saturated heterocycles. The van der Waals surface area contributed by atoms with Gasteiger partial charge in [-0.2, -0.15) is 0 Å². The van der Waals surface area contributed by atoms with E-state index in [0.717, 1.165) is 36.1 Å². The van der Waals surface area contributed by atoms with E-state index in [2.05, 4.69) is 0 Å². The summed E-state index contributed by atoms with van der Waals surface area (Å²) in [4.78, 5) is 5.39. The second-order valence-electron chi connectivity index (χ2n) is 6.11. The number of rotatable bonds is 3. The van der Waals surface area contributed by atoms with Crippen molar-refractivity contribution in [3.63, 3.8) is 0 Å². The lowest BCUT2D eigenvalue weighted by Gasteiger charge is -2.12. The summed E-state index contributed by atoms with van der Waals surface area (Å²) in [6.07, 6.45) is 2.49. The molecule has 0 aliphatic heterocycles. The van der Waals surface area contributed by atoms with Crippen molar-refractivity contribution in [1.82, 2.24) is 4.98 Å². The van der Waals surface area contributed by atoms with E-state index in [-0.39, 0.29) is 0 Å². The highest BCUT2D eigenvalue weighted by Gasteiger charge is 2.27. The molecular formula is C20H16ClNO2S. The fourth-order valence-electron chi connectivity index (χ4n) is 3.27. The zero-order chi connectivity index (χ0) is 17.4. The van der Waals surface area contributed by atoms with Crippen LogP contribution in [0.4, 0.5) is 0 Å². The number of fused-ring (bicyclic) bond motifs is 1. The van der Waals surface area contributed by atoms with Crippen LogP contribution in [0.15, 0.2) is 70.5 Å². The lowest BCUT2D eigenvalue weighted by Crippen LogP contribution is -2.07. The third-order valence-corrected chi connectivity index (χ3v) is 6.54. The van der Waals surface area contributed by atoms with Gasteiger partial charge in [-0.05, 0) is 55.2 Å². The summed E-state index contributed by atoms with van der Waals surface area (Å²) in [6, 6.07) is 17.6. The summed E-state index contributed by atoms with van der Waals surface area (Å²) >= 11 is 6.09. The quantitative estimate of drug-likeness (QED) is 0.670. The van der Waals surface area contributed by atoms with Crippen LogP contribution >= 0.6 is 11.6 Å². The van der Waals surface area contributed by atoms with Crippen LogP contribution in [-0.2, 0) is 22.7 Å². The first-order valence-corrected chi connectivity index (χ1v) is 10.0. The lowest BCUT2D eigenvalue weighted by atomic mass is 10.1. The SMILES string of the molecule is O=S(=O)(c1ccccc1)c1cc(-c2cccc(Cl)c2)nc2c1CCC2. The summed E-state index contributed by atoms with van der Waals surface area (Å²) in [5, 5.41) is 0.604. The number of nitrogens with zero attached hydrogens (tertiary/aromatic N) is 1. The molecule has 25 heavy (non-hydrogen) atoms. The Morgan fingerprint density at radius 1 is 0.920 bits per heavy atom. The van der Waals surface area contributed by atoms with Gasteiger partial charge in [0.05, 0.1) is 15.5 Å². The molecule has 2 aromatic carbocycles. The van der Waals surface area contributed by atoms with Crippen molar-refractivity contribution >= 4 is 21.4 Å². The van der Waals surface area contributed by atoms with E-state index < -0.39 is 9.84 Å². The molecule has 3 nitrogen and oxygen atoms in total. The van der Waals surface area contributed by atoms with Crippen LogP contribution < -0.4 is 0 Å². The van der Waals surface area contributed by atoms with Gasteiger partial charge in [0, 0.05) is 16.3 Å². The minimum Gasteiger partial charge on any atom is -0.252 e. The van der Waals surface area contributed by atoms with Gasteiger partial charge in [-0.3, -0.25) is 4.98 Å². The van der Waals surface area contributed by atoms with E-state index in [9.17, 15) is 8.42 Å². The molecule has 1 aromatic heterocycles. The van der Waals surface area contributed by atoms with Gasteiger partial charge >= 0.3 is 0 Å². The molecule has 0 fully saturated rings. The maximum absolute atomic E-state index is 13.2. The molecule has 0 saturated carbocycles. The highest BCUT2D eigenvalue weighted by atomic mass is 35.5. The van der Waals surface area contributed by atoms with E-state index in [4.69, 9.17) is 16.6 Å². The van der Waals surface area contributed by atoms with Gasteiger partial charge in [0.15, 0.2) is 0 Å². The van der Waals surface area contributed by atoms with Crippen LogP contribution in [0.25, 0.3) is 11.3 Å². The molecule has 0 atom stereocenters. The number of hydrogen-bond acceptors (Lipinski definition) is 3. The molecule has 1 heterocycles. The van der Waals surface area contributed by atoms with Crippen molar-refractivity contribution in [3.8, 4) is 11.3 Å². The van der Waals surface area contributed by atoms with Crippen LogP contribution in [0.5, 0.6) is 0 Å². The number of sulfone groups is 1. The molecule has 3 aromatic rings. The largest absolute Gasteiger partial charge is 0.252 e. The Labute approximate surface area is 152 Å². The number of halogens is 1. The summed E-state index contributed by atoms with van der Waals surface area (Å²) in [5.41, 5.74) is 3.21. The number of aromatic nitrogens is 1. The fraction of sp³-hybridized carbons (Fsp3) is 0.150. The van der Waals surface area contributed by atoms with E-state index in [0.29, 0.717) is 20.5 Å². The van der Waals surface area contributed by atoms with E-state index in [1.807, 2.05) is 24.3 Å². The van der Waals surface area contributed by atoms with Crippen LogP contribution in [0.1, 0.15) is 17.7 Å².